The van der Waals surface area contributed by atoms with E-state index >= 15 is 0 Å². The molecule has 7 nitrogen and oxygen atoms in total. The second-order valence-electron chi connectivity index (χ2n) is 9.76. The van der Waals surface area contributed by atoms with Crippen molar-refractivity contribution in [3.05, 3.63) is 84.9 Å². The van der Waals surface area contributed by atoms with Crippen LogP contribution in [0, 0.1) is 0 Å². The third kappa shape index (κ3) is 4.10. The predicted octanol–water partition coefficient (Wildman–Crippen LogP) is 6.07. The van der Waals surface area contributed by atoms with Gasteiger partial charge in [-0.15, -0.1) is 0 Å². The monoisotopic (exact) mass is 507 g/mol. The van der Waals surface area contributed by atoms with E-state index in [-0.39, 0.29) is 13.0 Å². The molecule has 1 saturated heterocycles. The van der Waals surface area contributed by atoms with Crippen molar-refractivity contribution in [2.24, 2.45) is 0 Å². The summed E-state index contributed by atoms with van der Waals surface area (Å²) < 4.78 is 27.3. The van der Waals surface area contributed by atoms with Crippen LogP contribution in [0.1, 0.15) is 12.0 Å². The molecule has 0 saturated carbocycles. The molecule has 38 heavy (non-hydrogen) atoms. The fourth-order valence-electron chi connectivity index (χ4n) is 5.23. The average molecular weight is 508 g/mol. The van der Waals surface area contributed by atoms with Gasteiger partial charge >= 0.3 is 0 Å². The first-order valence-corrected chi connectivity index (χ1v) is 12.4. The van der Waals surface area contributed by atoms with Crippen LogP contribution >= 0.6 is 0 Å². The molecule has 1 aromatic carbocycles. The van der Waals surface area contributed by atoms with Crippen LogP contribution in [0.3, 0.4) is 0 Å². The Morgan fingerprint density at radius 3 is 2.68 bits per heavy atom. The van der Waals surface area contributed by atoms with Gasteiger partial charge in [-0.05, 0) is 42.0 Å². The molecule has 188 valence electrons. The number of hydrogen-bond acceptors (Lipinski definition) is 5. The zero-order valence-corrected chi connectivity index (χ0v) is 20.3. The molecule has 0 amide bonds. The highest BCUT2D eigenvalue weighted by atomic mass is 19.3. The van der Waals surface area contributed by atoms with Crippen molar-refractivity contribution >= 4 is 21.9 Å². The van der Waals surface area contributed by atoms with Crippen molar-refractivity contribution in [2.75, 3.05) is 13.1 Å². The van der Waals surface area contributed by atoms with E-state index in [0.717, 1.165) is 55.6 Å². The van der Waals surface area contributed by atoms with E-state index in [1.807, 2.05) is 42.5 Å². The number of hydrogen-bond donors (Lipinski definition) is 2. The number of aromatic nitrogens is 6. The Bertz CT molecular complexity index is 1770. The lowest BCUT2D eigenvalue weighted by atomic mass is 10.0. The van der Waals surface area contributed by atoms with E-state index in [2.05, 4.69) is 42.3 Å². The zero-order chi connectivity index (χ0) is 25.7. The fourth-order valence-corrected chi connectivity index (χ4v) is 5.23. The van der Waals surface area contributed by atoms with Crippen LogP contribution in [0.2, 0.25) is 0 Å². The second kappa shape index (κ2) is 8.81. The maximum atomic E-state index is 13.6. The number of fused-ring (bicyclic) bond motifs is 2. The molecule has 0 spiro atoms. The maximum Gasteiger partial charge on any atom is 0.261 e. The van der Waals surface area contributed by atoms with Crippen molar-refractivity contribution in [2.45, 2.75) is 18.9 Å². The molecule has 6 heterocycles. The maximum absolute atomic E-state index is 13.6. The lowest BCUT2D eigenvalue weighted by Crippen LogP contribution is -2.24. The molecule has 5 aromatic heterocycles. The van der Waals surface area contributed by atoms with Gasteiger partial charge < -0.3 is 4.98 Å². The third-order valence-corrected chi connectivity index (χ3v) is 7.07. The first kappa shape index (κ1) is 22.7. The van der Waals surface area contributed by atoms with Gasteiger partial charge in [0.05, 0.1) is 23.6 Å². The number of nitrogens with one attached hydrogen (secondary N) is 2. The molecule has 9 heteroatoms. The summed E-state index contributed by atoms with van der Waals surface area (Å²) in [7, 11) is 0. The molecule has 0 aliphatic carbocycles. The zero-order valence-electron chi connectivity index (χ0n) is 20.3. The fraction of sp³-hybridized carbons (Fsp3) is 0.172. The normalized spacial score (nSPS) is 15.5. The van der Waals surface area contributed by atoms with Gasteiger partial charge in [0.15, 0.2) is 5.65 Å². The SMILES string of the molecule is FC1(F)CCN(Cc2cncc(-c3cnc4n[nH]c(-c5cc6c(-c7ccccn7)cccc6[nH]5)c4c3)c2)C1. The first-order chi connectivity index (χ1) is 18.5. The summed E-state index contributed by atoms with van der Waals surface area (Å²) in [5, 5.41) is 9.50. The van der Waals surface area contributed by atoms with Crippen LogP contribution in [0.15, 0.2) is 79.4 Å². The van der Waals surface area contributed by atoms with Crippen molar-refractivity contribution in [1.82, 2.24) is 35.0 Å². The van der Waals surface area contributed by atoms with Crippen LogP contribution < -0.4 is 0 Å². The van der Waals surface area contributed by atoms with E-state index in [4.69, 9.17) is 0 Å². The quantitative estimate of drug-likeness (QED) is 0.296. The molecule has 0 radical (unpaired) electrons. The number of likely N-dealkylation sites (tertiary alicyclic amines) is 1. The average Bonchev–Trinajstić information content (AvgIpc) is 3.64. The Morgan fingerprint density at radius 1 is 0.921 bits per heavy atom. The summed E-state index contributed by atoms with van der Waals surface area (Å²) in [5.41, 5.74) is 7.95. The summed E-state index contributed by atoms with van der Waals surface area (Å²) in [5.74, 6) is -2.61. The van der Waals surface area contributed by atoms with Gasteiger partial charge in [0.2, 0.25) is 0 Å². The van der Waals surface area contributed by atoms with E-state index in [0.29, 0.717) is 18.7 Å². The van der Waals surface area contributed by atoms with Gasteiger partial charge in [0, 0.05) is 77.3 Å². The highest BCUT2D eigenvalue weighted by molar-refractivity contribution is 6.00. The minimum Gasteiger partial charge on any atom is -0.353 e. The first-order valence-electron chi connectivity index (χ1n) is 12.4. The minimum atomic E-state index is -2.61. The highest BCUT2D eigenvalue weighted by Crippen LogP contribution is 2.34. The van der Waals surface area contributed by atoms with Gasteiger partial charge in [-0.3, -0.25) is 20.0 Å². The molecule has 2 N–H and O–H groups in total. The number of nitrogens with zero attached hydrogens (tertiary/aromatic N) is 5. The summed E-state index contributed by atoms with van der Waals surface area (Å²) in [6.45, 7) is 0.613. The molecule has 1 aliphatic heterocycles. The molecule has 0 bridgehead atoms. The van der Waals surface area contributed by atoms with Gasteiger partial charge in [0.25, 0.3) is 5.92 Å². The Labute approximate surface area is 216 Å². The van der Waals surface area contributed by atoms with Crippen molar-refractivity contribution in [3.8, 4) is 33.8 Å². The van der Waals surface area contributed by atoms with E-state index < -0.39 is 5.92 Å². The second-order valence-corrected chi connectivity index (χ2v) is 9.76. The Balaban J connectivity index is 1.24. The van der Waals surface area contributed by atoms with Crippen LogP contribution in [0.5, 0.6) is 0 Å². The van der Waals surface area contributed by atoms with Crippen molar-refractivity contribution < 1.29 is 8.78 Å². The van der Waals surface area contributed by atoms with Crippen LogP contribution in [-0.2, 0) is 6.54 Å². The number of rotatable bonds is 5. The summed E-state index contributed by atoms with van der Waals surface area (Å²) in [6, 6.07) is 18.1. The molecule has 6 aromatic rings. The summed E-state index contributed by atoms with van der Waals surface area (Å²) in [6.07, 6.45) is 6.97. The molecule has 0 atom stereocenters. The summed E-state index contributed by atoms with van der Waals surface area (Å²) >= 11 is 0. The van der Waals surface area contributed by atoms with E-state index in [1.54, 1.807) is 29.7 Å². The highest BCUT2D eigenvalue weighted by Gasteiger charge is 2.37. The minimum absolute atomic E-state index is 0.0961. The number of benzene rings is 1. The smallest absolute Gasteiger partial charge is 0.261 e. The Morgan fingerprint density at radius 2 is 1.84 bits per heavy atom. The number of alkyl halides is 2. The van der Waals surface area contributed by atoms with Crippen LogP contribution in [0.25, 0.3) is 55.7 Å². The number of pyridine rings is 3. The number of aromatic amines is 2. The number of halogens is 2. The standard InChI is InChI=1S/C29H23F2N7/c30-29(31)7-9-38(17-29)16-18-10-19(14-32-13-18)20-11-23-27(36-37-28(23)34-15-20)26-12-22-21(4-3-6-25(22)35-26)24-5-1-2-8-33-24/h1-6,8,10-15,35H,7,9,16-17H2,(H,34,36,37). The predicted molar refractivity (Wildman–Crippen MR) is 142 cm³/mol. The molecule has 7 rings (SSSR count). The van der Waals surface area contributed by atoms with Gasteiger partial charge in [-0.25, -0.2) is 13.8 Å². The van der Waals surface area contributed by atoms with Gasteiger partial charge in [-0.1, -0.05) is 18.2 Å². The van der Waals surface area contributed by atoms with Crippen LogP contribution in [-0.4, -0.2) is 54.0 Å². The third-order valence-electron chi connectivity index (χ3n) is 7.07. The molecular weight excluding hydrogens is 484 g/mol. The Hall–Kier alpha value is -4.50. The van der Waals surface area contributed by atoms with E-state index in [1.165, 1.54) is 0 Å². The molecular formula is C29H23F2N7. The Kier molecular flexibility index (Phi) is 5.26. The van der Waals surface area contributed by atoms with E-state index in [9.17, 15) is 8.78 Å². The largest absolute Gasteiger partial charge is 0.353 e. The van der Waals surface area contributed by atoms with Crippen LogP contribution in [0.4, 0.5) is 8.78 Å². The molecule has 0 unspecified atom stereocenters. The molecule has 1 aliphatic rings. The van der Waals surface area contributed by atoms with Crippen molar-refractivity contribution in [3.63, 3.8) is 0 Å². The van der Waals surface area contributed by atoms with Gasteiger partial charge in [0.1, 0.15) is 0 Å². The van der Waals surface area contributed by atoms with Gasteiger partial charge in [-0.2, -0.15) is 5.10 Å². The topological polar surface area (TPSA) is 86.4 Å². The number of H-pyrrole nitrogens is 2. The molecule has 1 fully saturated rings. The lowest BCUT2D eigenvalue weighted by Gasteiger charge is -2.15. The summed E-state index contributed by atoms with van der Waals surface area (Å²) in [4.78, 5) is 18.8. The lowest BCUT2D eigenvalue weighted by molar-refractivity contribution is 0.0115. The van der Waals surface area contributed by atoms with Crippen molar-refractivity contribution in [1.29, 1.82) is 0 Å².